The third-order valence-electron chi connectivity index (χ3n) is 4.40. The molecular weight excluding hydrogens is 436 g/mol. The number of hydrogen-bond donors (Lipinski definition) is 7. The van der Waals surface area contributed by atoms with Crippen LogP contribution in [-0.4, -0.2) is 65.3 Å². The Morgan fingerprint density at radius 3 is 2.00 bits per heavy atom. The van der Waals surface area contributed by atoms with Gasteiger partial charge in [0.15, 0.2) is 0 Å². The minimum Gasteiger partial charge on any atom is -0.480 e. The molecule has 33 heavy (non-hydrogen) atoms. The second-order valence-electron chi connectivity index (χ2n) is 7.21. The summed E-state index contributed by atoms with van der Waals surface area (Å²) in [6, 6.07) is 4.82. The number of aliphatic carboxylic acids is 1. The van der Waals surface area contributed by atoms with Crippen molar-refractivity contribution in [3.8, 4) is 0 Å². The van der Waals surface area contributed by atoms with E-state index in [0.717, 1.165) is 0 Å². The van der Waals surface area contributed by atoms with E-state index < -0.39 is 66.6 Å². The number of benzene rings is 1. The van der Waals surface area contributed by atoms with Gasteiger partial charge in [-0.3, -0.25) is 28.8 Å². The van der Waals surface area contributed by atoms with Crippen molar-refractivity contribution in [2.75, 3.05) is 6.54 Å². The van der Waals surface area contributed by atoms with Crippen LogP contribution < -0.4 is 33.2 Å². The normalized spacial score (nSPS) is 13.1. The molecule has 0 fully saturated rings. The van der Waals surface area contributed by atoms with Gasteiger partial charge in [0.05, 0.1) is 12.5 Å². The van der Waals surface area contributed by atoms with Gasteiger partial charge in [0.2, 0.25) is 29.5 Å². The molecular formula is C20H28N6O7. The molecule has 0 radical (unpaired) electrons. The molecule has 13 heteroatoms. The summed E-state index contributed by atoms with van der Waals surface area (Å²) in [5.41, 5.74) is 16.5. The van der Waals surface area contributed by atoms with Crippen molar-refractivity contribution >= 4 is 35.5 Å². The summed E-state index contributed by atoms with van der Waals surface area (Å²) in [5, 5.41) is 15.7. The maximum Gasteiger partial charge on any atom is 0.322 e. The summed E-state index contributed by atoms with van der Waals surface area (Å²) in [4.78, 5) is 70.5. The van der Waals surface area contributed by atoms with Crippen molar-refractivity contribution in [3.63, 3.8) is 0 Å². The Morgan fingerprint density at radius 2 is 1.45 bits per heavy atom. The van der Waals surface area contributed by atoms with E-state index in [1.165, 1.54) is 0 Å². The van der Waals surface area contributed by atoms with Crippen LogP contribution in [-0.2, 0) is 35.2 Å². The number of hydrogen-bond acceptors (Lipinski definition) is 7. The van der Waals surface area contributed by atoms with Crippen molar-refractivity contribution < 1.29 is 33.9 Å². The predicted molar refractivity (Wildman–Crippen MR) is 115 cm³/mol. The molecule has 0 aliphatic carbocycles. The van der Waals surface area contributed by atoms with E-state index in [1.54, 1.807) is 30.3 Å². The Balaban J connectivity index is 3.03. The van der Waals surface area contributed by atoms with Crippen LogP contribution in [0.25, 0.3) is 0 Å². The minimum absolute atomic E-state index is 0.0149. The average Bonchev–Trinajstić information content (AvgIpc) is 2.74. The molecule has 1 aromatic rings. The summed E-state index contributed by atoms with van der Waals surface area (Å²) in [6.07, 6.45) is -0.879. The second kappa shape index (κ2) is 13.4. The predicted octanol–water partition coefficient (Wildman–Crippen LogP) is -3.13. The van der Waals surface area contributed by atoms with E-state index in [9.17, 15) is 28.8 Å². The van der Waals surface area contributed by atoms with E-state index in [0.29, 0.717) is 5.56 Å². The largest absolute Gasteiger partial charge is 0.480 e. The Labute approximate surface area is 189 Å². The lowest BCUT2D eigenvalue weighted by Gasteiger charge is -2.24. The van der Waals surface area contributed by atoms with Crippen molar-refractivity contribution in [2.45, 2.75) is 43.8 Å². The maximum atomic E-state index is 13.0. The van der Waals surface area contributed by atoms with Gasteiger partial charge < -0.3 is 38.3 Å². The Kier molecular flexibility index (Phi) is 11.0. The SMILES string of the molecule is NC(=O)CCC(NC(=O)C(Cc1ccccc1)NC(=O)C(N)CC(N)=O)C(=O)NCC(=O)O. The number of carbonyl (C=O) groups is 6. The highest BCUT2D eigenvalue weighted by molar-refractivity contribution is 5.95. The van der Waals surface area contributed by atoms with Crippen LogP contribution in [0, 0.1) is 0 Å². The molecule has 3 unspecified atom stereocenters. The Bertz CT molecular complexity index is 877. The van der Waals surface area contributed by atoms with Gasteiger partial charge in [0.1, 0.15) is 18.6 Å². The molecule has 0 aliphatic rings. The molecule has 180 valence electrons. The zero-order valence-corrected chi connectivity index (χ0v) is 17.8. The fourth-order valence-electron chi connectivity index (χ4n) is 2.76. The summed E-state index contributed by atoms with van der Waals surface area (Å²) in [6.45, 7) is -0.700. The van der Waals surface area contributed by atoms with E-state index in [1.807, 2.05) is 0 Å². The molecule has 13 nitrogen and oxygen atoms in total. The highest BCUT2D eigenvalue weighted by atomic mass is 16.4. The van der Waals surface area contributed by atoms with Gasteiger partial charge in [-0.05, 0) is 12.0 Å². The standard InChI is InChI=1S/C20H28N6O7/c21-12(9-16(23)28)18(31)26-14(8-11-4-2-1-3-5-11)20(33)25-13(6-7-15(22)27)19(32)24-10-17(29)30/h1-5,12-14H,6-10,21H2,(H2,22,27)(H2,23,28)(H,24,32)(H,25,33)(H,26,31)(H,29,30). The van der Waals surface area contributed by atoms with Crippen LogP contribution in [0.4, 0.5) is 0 Å². The summed E-state index contributed by atoms with van der Waals surface area (Å²) >= 11 is 0. The molecule has 1 rings (SSSR count). The second-order valence-corrected chi connectivity index (χ2v) is 7.21. The lowest BCUT2D eigenvalue weighted by Crippen LogP contribution is -2.57. The zero-order chi connectivity index (χ0) is 25.0. The smallest absolute Gasteiger partial charge is 0.322 e. The van der Waals surface area contributed by atoms with Gasteiger partial charge in [0.25, 0.3) is 0 Å². The topological polar surface area (TPSA) is 237 Å². The van der Waals surface area contributed by atoms with Crippen LogP contribution in [0.1, 0.15) is 24.8 Å². The minimum atomic E-state index is -1.30. The molecule has 3 atom stereocenters. The molecule has 0 aliphatic heterocycles. The van der Waals surface area contributed by atoms with E-state index in [4.69, 9.17) is 22.3 Å². The fourth-order valence-corrected chi connectivity index (χ4v) is 2.76. The number of carboxylic acid groups (broad SMARTS) is 1. The van der Waals surface area contributed by atoms with Crippen molar-refractivity contribution in [3.05, 3.63) is 35.9 Å². The third kappa shape index (κ3) is 10.7. The van der Waals surface area contributed by atoms with Gasteiger partial charge in [-0.2, -0.15) is 0 Å². The van der Waals surface area contributed by atoms with Gasteiger partial charge in [-0.1, -0.05) is 30.3 Å². The molecule has 0 heterocycles. The lowest BCUT2D eigenvalue weighted by atomic mass is 10.0. The average molecular weight is 464 g/mol. The molecule has 0 saturated carbocycles. The first-order valence-corrected chi connectivity index (χ1v) is 9.96. The molecule has 1 aromatic carbocycles. The lowest BCUT2D eigenvalue weighted by molar-refractivity contribution is -0.138. The van der Waals surface area contributed by atoms with Crippen LogP contribution in [0.2, 0.25) is 0 Å². The van der Waals surface area contributed by atoms with Crippen molar-refractivity contribution in [1.29, 1.82) is 0 Å². The molecule has 0 saturated heterocycles. The Morgan fingerprint density at radius 1 is 0.848 bits per heavy atom. The highest BCUT2D eigenvalue weighted by Gasteiger charge is 2.29. The molecule has 10 N–H and O–H groups in total. The quantitative estimate of drug-likeness (QED) is 0.148. The van der Waals surface area contributed by atoms with Gasteiger partial charge in [-0.25, -0.2) is 0 Å². The number of rotatable bonds is 14. The van der Waals surface area contributed by atoms with Gasteiger partial charge in [-0.15, -0.1) is 0 Å². The van der Waals surface area contributed by atoms with Crippen molar-refractivity contribution in [2.24, 2.45) is 17.2 Å². The summed E-state index contributed by atoms with van der Waals surface area (Å²) in [7, 11) is 0. The Hall–Kier alpha value is -4.00. The third-order valence-corrected chi connectivity index (χ3v) is 4.40. The number of nitrogens with two attached hydrogens (primary N) is 3. The van der Waals surface area contributed by atoms with Gasteiger partial charge in [0, 0.05) is 12.8 Å². The van der Waals surface area contributed by atoms with Crippen LogP contribution >= 0.6 is 0 Å². The fraction of sp³-hybridized carbons (Fsp3) is 0.400. The first-order chi connectivity index (χ1) is 15.5. The molecule has 5 amide bonds. The van der Waals surface area contributed by atoms with Crippen molar-refractivity contribution in [1.82, 2.24) is 16.0 Å². The van der Waals surface area contributed by atoms with Crippen LogP contribution in [0.3, 0.4) is 0 Å². The monoisotopic (exact) mass is 464 g/mol. The van der Waals surface area contributed by atoms with Crippen LogP contribution in [0.5, 0.6) is 0 Å². The number of carboxylic acids is 1. The molecule has 0 aromatic heterocycles. The van der Waals surface area contributed by atoms with Gasteiger partial charge >= 0.3 is 5.97 Å². The van der Waals surface area contributed by atoms with E-state index in [2.05, 4.69) is 16.0 Å². The molecule has 0 bridgehead atoms. The number of amides is 5. The maximum absolute atomic E-state index is 13.0. The number of nitrogens with one attached hydrogen (secondary N) is 3. The highest BCUT2D eigenvalue weighted by Crippen LogP contribution is 2.06. The van der Waals surface area contributed by atoms with E-state index >= 15 is 0 Å². The number of primary amides is 2. The van der Waals surface area contributed by atoms with E-state index in [-0.39, 0.29) is 19.3 Å². The van der Waals surface area contributed by atoms with Crippen LogP contribution in [0.15, 0.2) is 30.3 Å². The molecule has 0 spiro atoms. The first-order valence-electron chi connectivity index (χ1n) is 9.96. The number of carbonyl (C=O) groups excluding carboxylic acids is 5. The summed E-state index contributed by atoms with van der Waals surface area (Å²) in [5.74, 6) is -5.29. The zero-order valence-electron chi connectivity index (χ0n) is 17.8. The first kappa shape index (κ1) is 27.0. The summed E-state index contributed by atoms with van der Waals surface area (Å²) < 4.78 is 0.